The molecule has 0 radical (unpaired) electrons. The van der Waals surface area contributed by atoms with Crippen molar-refractivity contribution in [3.63, 3.8) is 0 Å². The molecule has 2 aromatic carbocycles. The van der Waals surface area contributed by atoms with Gasteiger partial charge in [0.15, 0.2) is 0 Å². The fraction of sp³-hybridized carbons (Fsp3) is 0.0769. The van der Waals surface area contributed by atoms with Gasteiger partial charge in [-0.25, -0.2) is 0 Å². The summed E-state index contributed by atoms with van der Waals surface area (Å²) in [7, 11) is 0. The first-order chi connectivity index (χ1) is 8.47. The van der Waals surface area contributed by atoms with Gasteiger partial charge in [0.1, 0.15) is 17.1 Å². The number of benzene rings is 2. The normalized spacial score (nSPS) is 11.3. The van der Waals surface area contributed by atoms with E-state index in [1.54, 1.807) is 30.3 Å². The molecule has 18 heavy (non-hydrogen) atoms. The maximum absolute atomic E-state index is 12.8. The van der Waals surface area contributed by atoms with E-state index >= 15 is 0 Å². The van der Waals surface area contributed by atoms with E-state index in [1.807, 2.05) is 0 Å². The minimum absolute atomic E-state index is 0.0442. The lowest BCUT2D eigenvalue weighted by molar-refractivity contribution is -0.138. The second-order valence-electron chi connectivity index (χ2n) is 3.67. The number of halogens is 3. The van der Waals surface area contributed by atoms with Crippen molar-refractivity contribution in [2.75, 3.05) is 5.73 Å². The molecular weight excluding hydrogens is 243 g/mol. The number of alkyl halides is 3. The van der Waals surface area contributed by atoms with Crippen LogP contribution in [0.5, 0.6) is 11.5 Å². The van der Waals surface area contributed by atoms with Gasteiger partial charge in [0.2, 0.25) is 0 Å². The highest BCUT2D eigenvalue weighted by Crippen LogP contribution is 2.39. The molecule has 94 valence electrons. The summed E-state index contributed by atoms with van der Waals surface area (Å²) >= 11 is 0. The van der Waals surface area contributed by atoms with Crippen molar-refractivity contribution in [3.8, 4) is 11.5 Å². The number of anilines is 1. The Balaban J connectivity index is 2.39. The third-order valence-corrected chi connectivity index (χ3v) is 2.28. The molecule has 2 nitrogen and oxygen atoms in total. The first-order valence-electron chi connectivity index (χ1n) is 5.16. The molecule has 0 bridgehead atoms. The quantitative estimate of drug-likeness (QED) is 0.818. The number of rotatable bonds is 2. The fourth-order valence-corrected chi connectivity index (χ4v) is 1.47. The summed E-state index contributed by atoms with van der Waals surface area (Å²) in [6, 6.07) is 11.7. The minimum Gasteiger partial charge on any atom is -0.457 e. The van der Waals surface area contributed by atoms with Crippen LogP contribution in [0, 0.1) is 0 Å². The Hall–Kier alpha value is -2.17. The van der Waals surface area contributed by atoms with E-state index in [-0.39, 0.29) is 11.4 Å². The lowest BCUT2D eigenvalue weighted by atomic mass is 10.1. The van der Waals surface area contributed by atoms with Crippen LogP contribution in [0.2, 0.25) is 0 Å². The largest absolute Gasteiger partial charge is 0.457 e. The van der Waals surface area contributed by atoms with Gasteiger partial charge in [0, 0.05) is 5.69 Å². The smallest absolute Gasteiger partial charge is 0.420 e. The molecule has 0 fully saturated rings. The number of hydrogen-bond donors (Lipinski definition) is 1. The molecule has 2 aromatic rings. The number of hydrogen-bond acceptors (Lipinski definition) is 2. The fourth-order valence-electron chi connectivity index (χ4n) is 1.47. The number of ether oxygens (including phenoxy) is 1. The summed E-state index contributed by atoms with van der Waals surface area (Å²) in [6.45, 7) is 0. The highest BCUT2D eigenvalue weighted by atomic mass is 19.4. The second kappa shape index (κ2) is 4.60. The van der Waals surface area contributed by atoms with Crippen LogP contribution >= 0.6 is 0 Å². The van der Waals surface area contributed by atoms with Gasteiger partial charge in [-0.2, -0.15) is 13.2 Å². The molecule has 0 aliphatic heterocycles. The Kier molecular flexibility index (Phi) is 3.14. The average molecular weight is 253 g/mol. The number of nitrogens with two attached hydrogens (primary N) is 1. The van der Waals surface area contributed by atoms with E-state index in [0.29, 0.717) is 5.75 Å². The van der Waals surface area contributed by atoms with Crippen LogP contribution in [0.4, 0.5) is 18.9 Å². The molecule has 0 aliphatic carbocycles. The zero-order valence-corrected chi connectivity index (χ0v) is 9.24. The van der Waals surface area contributed by atoms with Crippen LogP contribution in [-0.2, 0) is 6.18 Å². The SMILES string of the molecule is Nc1ccc(Oc2ccccc2)c(C(F)(F)F)c1. The van der Waals surface area contributed by atoms with Crippen molar-refractivity contribution in [2.45, 2.75) is 6.18 Å². The molecule has 0 aliphatic rings. The molecule has 0 atom stereocenters. The Morgan fingerprint density at radius 1 is 0.944 bits per heavy atom. The van der Waals surface area contributed by atoms with Crippen LogP contribution in [-0.4, -0.2) is 0 Å². The maximum Gasteiger partial charge on any atom is 0.420 e. The first kappa shape index (κ1) is 12.3. The van der Waals surface area contributed by atoms with Gasteiger partial charge in [-0.3, -0.25) is 0 Å². The molecule has 0 amide bonds. The summed E-state index contributed by atoms with van der Waals surface area (Å²) < 4.78 is 43.6. The summed E-state index contributed by atoms with van der Waals surface area (Å²) in [5, 5.41) is 0. The second-order valence-corrected chi connectivity index (χ2v) is 3.67. The summed E-state index contributed by atoms with van der Waals surface area (Å²) in [5.74, 6) is 0.0793. The standard InChI is InChI=1S/C13H10F3NO/c14-13(15,16)11-8-9(17)6-7-12(11)18-10-4-2-1-3-5-10/h1-8H,17H2. The van der Waals surface area contributed by atoms with Crippen molar-refractivity contribution >= 4 is 5.69 Å². The predicted molar refractivity (Wildman–Crippen MR) is 62.4 cm³/mol. The van der Waals surface area contributed by atoms with E-state index in [2.05, 4.69) is 0 Å². The summed E-state index contributed by atoms with van der Waals surface area (Å²) in [5.41, 5.74) is 4.52. The van der Waals surface area contributed by atoms with Gasteiger partial charge in [-0.1, -0.05) is 18.2 Å². The third kappa shape index (κ3) is 2.74. The summed E-state index contributed by atoms with van der Waals surface area (Å²) in [6.07, 6.45) is -4.50. The molecule has 0 saturated heterocycles. The Morgan fingerprint density at radius 3 is 2.22 bits per heavy atom. The lowest BCUT2D eigenvalue weighted by Crippen LogP contribution is -2.08. The molecule has 2 rings (SSSR count). The summed E-state index contributed by atoms with van der Waals surface area (Å²) in [4.78, 5) is 0. The van der Waals surface area contributed by atoms with E-state index in [0.717, 1.165) is 6.07 Å². The highest BCUT2D eigenvalue weighted by Gasteiger charge is 2.34. The predicted octanol–water partition coefficient (Wildman–Crippen LogP) is 4.08. The molecule has 0 heterocycles. The maximum atomic E-state index is 12.8. The van der Waals surface area contributed by atoms with Crippen LogP contribution < -0.4 is 10.5 Å². The Labute approximate surface area is 102 Å². The monoisotopic (exact) mass is 253 g/mol. The van der Waals surface area contributed by atoms with Crippen molar-refractivity contribution < 1.29 is 17.9 Å². The average Bonchev–Trinajstić information content (AvgIpc) is 2.31. The Morgan fingerprint density at radius 2 is 1.61 bits per heavy atom. The first-order valence-corrected chi connectivity index (χ1v) is 5.16. The van der Waals surface area contributed by atoms with E-state index in [9.17, 15) is 13.2 Å². The lowest BCUT2D eigenvalue weighted by Gasteiger charge is -2.14. The van der Waals surface area contributed by atoms with Gasteiger partial charge < -0.3 is 10.5 Å². The number of nitrogen functional groups attached to an aromatic ring is 1. The topological polar surface area (TPSA) is 35.2 Å². The van der Waals surface area contributed by atoms with Gasteiger partial charge in [-0.15, -0.1) is 0 Å². The molecule has 0 saturated carbocycles. The molecule has 0 aromatic heterocycles. The van der Waals surface area contributed by atoms with Crippen molar-refractivity contribution in [2.24, 2.45) is 0 Å². The Bertz CT molecular complexity index is 538. The van der Waals surface area contributed by atoms with Crippen LogP contribution in [0.15, 0.2) is 48.5 Å². The minimum atomic E-state index is -4.50. The van der Waals surface area contributed by atoms with Crippen molar-refractivity contribution in [3.05, 3.63) is 54.1 Å². The molecular formula is C13H10F3NO. The molecule has 0 spiro atoms. The van der Waals surface area contributed by atoms with E-state index < -0.39 is 11.7 Å². The van der Waals surface area contributed by atoms with Crippen molar-refractivity contribution in [1.29, 1.82) is 0 Å². The molecule has 2 N–H and O–H groups in total. The van der Waals surface area contributed by atoms with Gasteiger partial charge in [0.25, 0.3) is 0 Å². The molecule has 0 unspecified atom stereocenters. The third-order valence-electron chi connectivity index (χ3n) is 2.28. The van der Waals surface area contributed by atoms with Crippen LogP contribution in [0.1, 0.15) is 5.56 Å². The molecule has 5 heteroatoms. The highest BCUT2D eigenvalue weighted by molar-refractivity contribution is 5.50. The van der Waals surface area contributed by atoms with Crippen molar-refractivity contribution in [1.82, 2.24) is 0 Å². The van der Waals surface area contributed by atoms with E-state index in [1.165, 1.54) is 12.1 Å². The van der Waals surface area contributed by atoms with Gasteiger partial charge in [-0.05, 0) is 30.3 Å². The van der Waals surface area contributed by atoms with E-state index in [4.69, 9.17) is 10.5 Å². The van der Waals surface area contributed by atoms with Crippen LogP contribution in [0.3, 0.4) is 0 Å². The zero-order valence-electron chi connectivity index (χ0n) is 9.24. The van der Waals surface area contributed by atoms with Gasteiger partial charge in [0.05, 0.1) is 0 Å². The van der Waals surface area contributed by atoms with Gasteiger partial charge >= 0.3 is 6.18 Å². The zero-order chi connectivity index (χ0) is 13.2. The van der Waals surface area contributed by atoms with Crippen LogP contribution in [0.25, 0.3) is 0 Å². The number of para-hydroxylation sites is 1.